The van der Waals surface area contributed by atoms with Gasteiger partial charge in [-0.15, -0.1) is 0 Å². The average Bonchev–Trinajstić information content (AvgIpc) is 3.35. The maximum atomic E-state index is 5.53. The van der Waals surface area contributed by atoms with Crippen molar-refractivity contribution in [2.45, 2.75) is 20.0 Å². The number of rotatable bonds is 6. The molecule has 2 aromatic heterocycles. The van der Waals surface area contributed by atoms with Crippen LogP contribution in [0.5, 0.6) is 5.75 Å². The van der Waals surface area contributed by atoms with Crippen LogP contribution in [-0.4, -0.2) is 38.4 Å². The minimum Gasteiger partial charge on any atom is -0.496 e. The summed E-state index contributed by atoms with van der Waals surface area (Å²) in [6, 6.07) is 12.2. The van der Waals surface area contributed by atoms with Gasteiger partial charge in [0.15, 0.2) is 5.76 Å². The summed E-state index contributed by atoms with van der Waals surface area (Å²) in [5.74, 6) is 2.42. The van der Waals surface area contributed by atoms with Crippen LogP contribution in [0.3, 0.4) is 0 Å². The van der Waals surface area contributed by atoms with Gasteiger partial charge in [0.05, 0.1) is 13.4 Å². The second-order valence-corrected chi connectivity index (χ2v) is 7.33. The van der Waals surface area contributed by atoms with Gasteiger partial charge in [-0.2, -0.15) is 0 Å². The highest BCUT2D eigenvalue weighted by molar-refractivity contribution is 5.49. The summed E-state index contributed by atoms with van der Waals surface area (Å²) in [6.07, 6.45) is 1.65. The van der Waals surface area contributed by atoms with Crippen LogP contribution in [-0.2, 0) is 13.1 Å². The van der Waals surface area contributed by atoms with E-state index in [1.807, 2.05) is 18.2 Å². The number of piperazine rings is 1. The van der Waals surface area contributed by atoms with E-state index in [0.717, 1.165) is 56.5 Å². The van der Waals surface area contributed by atoms with Gasteiger partial charge in [-0.3, -0.25) is 0 Å². The van der Waals surface area contributed by atoms with Gasteiger partial charge >= 0.3 is 0 Å². The van der Waals surface area contributed by atoms with Crippen molar-refractivity contribution in [3.8, 4) is 17.3 Å². The van der Waals surface area contributed by atoms with Gasteiger partial charge in [-0.25, -0.2) is 0 Å². The normalized spacial score (nSPS) is 19.9. The van der Waals surface area contributed by atoms with Crippen LogP contribution in [0.4, 0.5) is 0 Å². The summed E-state index contributed by atoms with van der Waals surface area (Å²) >= 11 is 0. The van der Waals surface area contributed by atoms with E-state index in [1.165, 1.54) is 11.1 Å². The van der Waals surface area contributed by atoms with Gasteiger partial charge in [0.2, 0.25) is 5.76 Å². The van der Waals surface area contributed by atoms with E-state index < -0.39 is 0 Å². The highest BCUT2D eigenvalue weighted by Crippen LogP contribution is 2.20. The van der Waals surface area contributed by atoms with Crippen molar-refractivity contribution in [2.24, 2.45) is 0 Å². The van der Waals surface area contributed by atoms with E-state index in [9.17, 15) is 0 Å². The number of hydrogen-bond acceptors (Lipinski definition) is 4. The molecule has 0 amide bonds. The number of ether oxygens (including phenoxy) is 1. The zero-order chi connectivity index (χ0) is 18.6. The Hall–Kier alpha value is -2.57. The lowest BCUT2D eigenvalue weighted by molar-refractivity contribution is -1.02. The molecule has 1 aromatic carbocycles. The number of aryl methyl sites for hydroxylation is 1. The number of aromatic nitrogens is 1. The van der Waals surface area contributed by atoms with E-state index >= 15 is 0 Å². The highest BCUT2D eigenvalue weighted by Gasteiger charge is 2.25. The Morgan fingerprint density at radius 2 is 1.78 bits per heavy atom. The predicted octanol–water partition coefficient (Wildman–Crippen LogP) is 0.735. The van der Waals surface area contributed by atoms with Gasteiger partial charge in [-0.1, -0.05) is 16.8 Å². The molecule has 1 fully saturated rings. The van der Waals surface area contributed by atoms with Crippen LogP contribution in [0.2, 0.25) is 0 Å². The molecule has 0 saturated carbocycles. The molecule has 0 radical (unpaired) electrons. The molecular weight excluding hydrogens is 342 g/mol. The highest BCUT2D eigenvalue weighted by atomic mass is 16.5. The van der Waals surface area contributed by atoms with Crippen molar-refractivity contribution in [2.75, 3.05) is 33.3 Å². The van der Waals surface area contributed by atoms with Crippen molar-refractivity contribution >= 4 is 0 Å². The summed E-state index contributed by atoms with van der Waals surface area (Å²) in [5.41, 5.74) is 3.57. The quantitative estimate of drug-likeness (QED) is 0.673. The molecule has 0 aliphatic carbocycles. The molecule has 1 aliphatic heterocycles. The van der Waals surface area contributed by atoms with Gasteiger partial charge in [0, 0.05) is 11.6 Å². The molecule has 1 aliphatic rings. The Morgan fingerprint density at radius 1 is 1.00 bits per heavy atom. The first-order valence-electron chi connectivity index (χ1n) is 9.51. The van der Waals surface area contributed by atoms with Crippen molar-refractivity contribution in [3.63, 3.8) is 0 Å². The Balaban J connectivity index is 1.31. The van der Waals surface area contributed by atoms with E-state index in [2.05, 4.69) is 30.3 Å². The molecule has 3 aromatic rings. The van der Waals surface area contributed by atoms with Gasteiger partial charge in [-0.05, 0) is 31.2 Å². The lowest BCUT2D eigenvalue weighted by Crippen LogP contribution is -3.27. The Labute approximate surface area is 159 Å². The van der Waals surface area contributed by atoms with E-state index in [4.69, 9.17) is 13.7 Å². The van der Waals surface area contributed by atoms with Crippen LogP contribution in [0.1, 0.15) is 16.8 Å². The van der Waals surface area contributed by atoms with Crippen molar-refractivity contribution in [1.82, 2.24) is 5.16 Å². The molecule has 6 heteroatoms. The molecule has 2 N–H and O–H groups in total. The molecule has 142 valence electrons. The maximum absolute atomic E-state index is 5.53. The fourth-order valence-corrected chi connectivity index (χ4v) is 3.81. The van der Waals surface area contributed by atoms with E-state index in [-0.39, 0.29) is 0 Å². The van der Waals surface area contributed by atoms with Crippen LogP contribution in [0.25, 0.3) is 11.5 Å². The molecule has 6 nitrogen and oxygen atoms in total. The molecule has 0 bridgehead atoms. The fraction of sp³-hybridized carbons (Fsp3) is 0.381. The fourth-order valence-electron chi connectivity index (χ4n) is 3.81. The molecular formula is C21H27N3O3+2. The largest absolute Gasteiger partial charge is 0.496 e. The third kappa shape index (κ3) is 4.23. The zero-order valence-electron chi connectivity index (χ0n) is 16.0. The van der Waals surface area contributed by atoms with E-state index in [0.29, 0.717) is 5.76 Å². The number of benzene rings is 1. The first-order chi connectivity index (χ1) is 13.2. The molecule has 27 heavy (non-hydrogen) atoms. The van der Waals surface area contributed by atoms with Crippen molar-refractivity contribution < 1.29 is 23.5 Å². The molecule has 1 saturated heterocycles. The summed E-state index contributed by atoms with van der Waals surface area (Å²) < 4.78 is 16.3. The summed E-state index contributed by atoms with van der Waals surface area (Å²) in [4.78, 5) is 3.16. The lowest BCUT2D eigenvalue weighted by Gasteiger charge is -2.29. The second-order valence-electron chi connectivity index (χ2n) is 7.33. The SMILES string of the molecule is COc1ccc(C)cc1C[NH+]1CC[NH+](Cc2cc(-c3ccco3)on2)CC1. The number of furan rings is 1. The standard InChI is InChI=1S/C21H25N3O3/c1-16-5-6-19(25-2)17(12-16)14-23-7-9-24(10-8-23)15-18-13-21(27-22-18)20-4-3-11-26-20/h3-6,11-13H,7-10,14-15H2,1-2H3/p+2. The molecule has 3 heterocycles. The van der Waals surface area contributed by atoms with E-state index in [1.54, 1.807) is 23.2 Å². The topological polar surface area (TPSA) is 57.3 Å². The molecule has 4 rings (SSSR count). The maximum Gasteiger partial charge on any atom is 0.202 e. The number of nitrogens with one attached hydrogen (secondary N) is 2. The Bertz CT molecular complexity index is 865. The third-order valence-electron chi connectivity index (χ3n) is 5.29. The molecule has 0 unspecified atom stereocenters. The Morgan fingerprint density at radius 3 is 2.48 bits per heavy atom. The molecule has 0 atom stereocenters. The number of nitrogens with zero attached hydrogens (tertiary/aromatic N) is 1. The van der Waals surface area contributed by atoms with Crippen molar-refractivity contribution in [3.05, 3.63) is 59.5 Å². The number of methoxy groups -OCH3 is 1. The van der Waals surface area contributed by atoms with Crippen molar-refractivity contribution in [1.29, 1.82) is 0 Å². The number of quaternary nitrogens is 2. The second kappa shape index (κ2) is 7.98. The number of hydrogen-bond donors (Lipinski definition) is 2. The summed E-state index contributed by atoms with van der Waals surface area (Å²) in [7, 11) is 1.75. The predicted molar refractivity (Wildman–Crippen MR) is 101 cm³/mol. The monoisotopic (exact) mass is 369 g/mol. The minimum absolute atomic E-state index is 0.699. The first kappa shape index (κ1) is 17.8. The Kier molecular flexibility index (Phi) is 5.27. The van der Waals surface area contributed by atoms with Crippen LogP contribution in [0, 0.1) is 6.92 Å². The smallest absolute Gasteiger partial charge is 0.202 e. The third-order valence-corrected chi connectivity index (χ3v) is 5.29. The van der Waals surface area contributed by atoms with Gasteiger partial charge in [0.1, 0.15) is 50.7 Å². The summed E-state index contributed by atoms with van der Waals surface area (Å²) in [6.45, 7) is 8.61. The summed E-state index contributed by atoms with van der Waals surface area (Å²) in [5, 5.41) is 4.21. The minimum atomic E-state index is 0.699. The van der Waals surface area contributed by atoms with Crippen LogP contribution < -0.4 is 14.5 Å². The average molecular weight is 369 g/mol. The first-order valence-corrected chi connectivity index (χ1v) is 9.51. The van der Waals surface area contributed by atoms with Crippen LogP contribution >= 0.6 is 0 Å². The zero-order valence-corrected chi connectivity index (χ0v) is 16.0. The lowest BCUT2D eigenvalue weighted by atomic mass is 10.1. The van der Waals surface area contributed by atoms with Gasteiger partial charge in [0.25, 0.3) is 0 Å². The van der Waals surface area contributed by atoms with Crippen LogP contribution in [0.15, 0.2) is 51.6 Å². The molecule has 0 spiro atoms. The van der Waals surface area contributed by atoms with Gasteiger partial charge < -0.3 is 23.5 Å².